The molecule has 11 aromatic carbocycles. The van der Waals surface area contributed by atoms with Crippen molar-refractivity contribution in [2.24, 2.45) is 21.9 Å². The predicted molar refractivity (Wildman–Crippen MR) is 504 cm³/mol. The maximum atomic E-state index is 11.8. The standard InChI is InChI=1S/C109H123N3O15Si2/c1-105(2,3)128(85-57-35-17-36-58-85,86-59-37-18-38-60-86)120-75-89-92(113-68-77-43-21-10-22-44-77)95(115-70-79-47-25-12-26-48-79)102(119-74-83-55-33-16-34-56-83)104(123-89)124-93-90(76-121-129(106(4,5)6,87-61-39-19-40-62-87)88-63-41-20-42-64-88)122-103(91(111-112-110)94(93)114-69-78-45-23-11-24-46-78)125-99-97(117-72-81-51-29-14-30-52-81)96(116-71-80-49-27-13-28-50-80)98(118-73-82-53-31-15-32-54-82)100-101(99)127-109(126-100)67-84-65-66-108(109,9)107(84,7)8/h10-64,84,89-104H,65-76H2,1-9H3/t84-,89+,90+,91+,92-,93+,94+,95-,96-,97-,98+,99+,100+,101-,102+,103+,104+,108-,109?/m0/s1. The van der Waals surface area contributed by atoms with E-state index in [1.165, 1.54) is 0 Å². The summed E-state index contributed by atoms with van der Waals surface area (Å²) in [6.45, 7) is 21.4. The van der Waals surface area contributed by atoms with Crippen molar-refractivity contribution in [2.75, 3.05) is 13.2 Å². The minimum atomic E-state index is -3.57. The summed E-state index contributed by atoms with van der Waals surface area (Å²) < 4.78 is 118. The van der Waals surface area contributed by atoms with E-state index in [9.17, 15) is 5.53 Å². The fraction of sp³-hybridized carbons (Fsp3) is 0.394. The molecule has 0 amide bonds. The van der Waals surface area contributed by atoms with Crippen LogP contribution in [0.25, 0.3) is 10.4 Å². The number of azide groups is 1. The van der Waals surface area contributed by atoms with E-state index in [0.29, 0.717) is 6.42 Å². The van der Waals surface area contributed by atoms with Crippen LogP contribution in [0.15, 0.2) is 339 Å². The molecule has 0 aromatic heterocycles. The quantitative estimate of drug-likeness (QED) is 0.0156. The van der Waals surface area contributed by atoms with Crippen LogP contribution in [0.3, 0.4) is 0 Å². The van der Waals surface area contributed by atoms with Crippen molar-refractivity contribution >= 4 is 37.4 Å². The molecule has 20 heteroatoms. The second-order valence-electron chi connectivity index (χ2n) is 38.2. The molecule has 11 aromatic rings. The third-order valence-electron chi connectivity index (χ3n) is 28.1. The van der Waals surface area contributed by atoms with Gasteiger partial charge in [0.2, 0.25) is 0 Å². The summed E-state index contributed by atoms with van der Waals surface area (Å²) in [5.41, 5.74) is 17.5. The van der Waals surface area contributed by atoms with E-state index in [2.05, 4.69) is 225 Å². The second kappa shape index (κ2) is 40.7. The molecule has 129 heavy (non-hydrogen) atoms. The van der Waals surface area contributed by atoms with Crippen molar-refractivity contribution in [1.82, 2.24) is 0 Å². The van der Waals surface area contributed by atoms with Crippen LogP contribution >= 0.6 is 0 Å². The van der Waals surface area contributed by atoms with Gasteiger partial charge in [-0.05, 0) is 99.5 Å². The van der Waals surface area contributed by atoms with Crippen LogP contribution in [0.1, 0.15) is 121 Å². The zero-order valence-corrected chi connectivity index (χ0v) is 77.5. The summed E-state index contributed by atoms with van der Waals surface area (Å²) in [4.78, 5) is 3.82. The first-order valence-electron chi connectivity index (χ1n) is 45.9. The Morgan fingerprint density at radius 2 is 0.620 bits per heavy atom. The van der Waals surface area contributed by atoms with Gasteiger partial charge in [0.25, 0.3) is 16.6 Å². The Balaban J connectivity index is 0.857. The topological polar surface area (TPSA) is 187 Å². The van der Waals surface area contributed by atoms with Crippen LogP contribution in [0.4, 0.5) is 0 Å². The van der Waals surface area contributed by atoms with Gasteiger partial charge in [0.05, 0.1) is 59.5 Å². The number of fused-ring (bicyclic) bond motifs is 4. The Labute approximate surface area is 763 Å². The molecule has 672 valence electrons. The lowest BCUT2D eigenvalue weighted by molar-refractivity contribution is -0.369. The maximum absolute atomic E-state index is 11.8. The SMILES string of the molecule is CC1(C)[C@H]2CC[C@]1(C)C1(C2)O[C@@H]2[C@H](OCc3ccccc3)[C@@H](OCc3ccccc3)[C@H](OCc3ccccc3)[C@@H](O[C@H]3O[C@H](CO[Si](c4ccccc4)(c4ccccc4)C(C)(C)C)[C@@H](O[C@H]4O[C@H](CO[Si](c5ccccc5)(c5ccccc5)C(C)(C)C)[C@H](OCc5ccccc5)[C@H](OCc5ccccc5)[C@H]4OCc4ccccc4)[C@H](OCc4ccccc4)[C@H]3N=[N+]=[N-])[C@@H]2O1. The number of ether oxygens (including phenoxy) is 13. The normalized spacial score (nSPS) is 27.9. The van der Waals surface area contributed by atoms with E-state index < -0.39 is 136 Å². The molecule has 3 aliphatic heterocycles. The molecule has 0 radical (unpaired) electrons. The van der Waals surface area contributed by atoms with E-state index in [4.69, 9.17) is 75.5 Å². The van der Waals surface area contributed by atoms with Gasteiger partial charge in [0, 0.05) is 16.7 Å². The molecule has 1 unspecified atom stereocenters. The lowest BCUT2D eigenvalue weighted by atomic mass is 9.68. The molecule has 3 heterocycles. The average molecular weight is 1770 g/mol. The van der Waals surface area contributed by atoms with Crippen molar-refractivity contribution in [1.29, 1.82) is 0 Å². The molecular weight excluding hydrogens is 1650 g/mol. The molecule has 17 rings (SSSR count). The molecule has 2 bridgehead atoms. The van der Waals surface area contributed by atoms with Crippen LogP contribution in [0.2, 0.25) is 10.1 Å². The van der Waals surface area contributed by atoms with Crippen molar-refractivity contribution in [3.63, 3.8) is 0 Å². The van der Waals surface area contributed by atoms with E-state index in [-0.39, 0.29) is 70.8 Å². The molecule has 0 N–H and O–H groups in total. The van der Waals surface area contributed by atoms with Crippen LogP contribution in [-0.4, -0.2) is 134 Å². The molecular formula is C109H123N3O15Si2. The number of rotatable bonds is 36. The summed E-state index contributed by atoms with van der Waals surface area (Å²) >= 11 is 0. The highest BCUT2D eigenvalue weighted by Crippen LogP contribution is 2.73. The Morgan fingerprint density at radius 1 is 0.341 bits per heavy atom. The fourth-order valence-corrected chi connectivity index (χ4v) is 30.2. The molecule has 6 aliphatic rings. The van der Waals surface area contributed by atoms with Gasteiger partial charge in [0.1, 0.15) is 85.4 Å². The Kier molecular flexibility index (Phi) is 28.9. The van der Waals surface area contributed by atoms with Gasteiger partial charge >= 0.3 is 0 Å². The van der Waals surface area contributed by atoms with Crippen LogP contribution in [0, 0.1) is 16.7 Å². The van der Waals surface area contributed by atoms with Gasteiger partial charge < -0.3 is 70.4 Å². The third kappa shape index (κ3) is 19.5. The highest BCUT2D eigenvalue weighted by molar-refractivity contribution is 7.00. The monoisotopic (exact) mass is 1770 g/mol. The van der Waals surface area contributed by atoms with Crippen molar-refractivity contribution in [2.45, 2.75) is 242 Å². The molecule has 3 saturated heterocycles. The zero-order chi connectivity index (χ0) is 89.1. The lowest BCUT2D eigenvalue weighted by Gasteiger charge is -2.52. The summed E-state index contributed by atoms with van der Waals surface area (Å²) in [7, 11) is -6.98. The summed E-state index contributed by atoms with van der Waals surface area (Å²) in [5, 5.41) is 8.14. The van der Waals surface area contributed by atoms with E-state index in [1.807, 2.05) is 176 Å². The van der Waals surface area contributed by atoms with Crippen LogP contribution in [-0.2, 0) is 117 Å². The lowest BCUT2D eigenvalue weighted by Crippen LogP contribution is -2.70. The highest BCUT2D eigenvalue weighted by Gasteiger charge is 2.77. The third-order valence-corrected chi connectivity index (χ3v) is 38.1. The van der Waals surface area contributed by atoms with Crippen molar-refractivity contribution in [3.8, 4) is 0 Å². The molecule has 18 nitrogen and oxygen atoms in total. The first-order chi connectivity index (χ1) is 62.8. The number of hydrogen-bond acceptors (Lipinski definition) is 16. The van der Waals surface area contributed by atoms with Crippen molar-refractivity contribution in [3.05, 3.63) is 383 Å². The minimum Gasteiger partial charge on any atom is -0.405 e. The van der Waals surface area contributed by atoms with Gasteiger partial charge in [-0.25, -0.2) is 0 Å². The van der Waals surface area contributed by atoms with Crippen molar-refractivity contribution < 1.29 is 70.4 Å². The molecule has 19 atom stereocenters. The van der Waals surface area contributed by atoms with Gasteiger partial charge in [-0.3, -0.25) is 0 Å². The summed E-state index contributed by atoms with van der Waals surface area (Å²) in [6, 6.07) is 112. The van der Waals surface area contributed by atoms with E-state index >= 15 is 0 Å². The predicted octanol–water partition coefficient (Wildman–Crippen LogP) is 19.5. The van der Waals surface area contributed by atoms with Gasteiger partial charge in [0.15, 0.2) is 18.4 Å². The molecule has 3 aliphatic carbocycles. The van der Waals surface area contributed by atoms with Gasteiger partial charge in [-0.2, -0.15) is 0 Å². The summed E-state index contributed by atoms with van der Waals surface area (Å²) in [6.07, 6.45) is -13.7. The zero-order valence-electron chi connectivity index (χ0n) is 75.5. The Morgan fingerprint density at radius 3 is 0.946 bits per heavy atom. The fourth-order valence-electron chi connectivity index (χ4n) is 21.1. The summed E-state index contributed by atoms with van der Waals surface area (Å²) in [5.74, 6) is -0.851. The van der Waals surface area contributed by atoms with Gasteiger partial charge in [-0.15, -0.1) is 0 Å². The molecule has 1 spiro atoms. The molecule has 6 fully saturated rings. The Hall–Kier alpha value is -9.44. The second-order valence-corrected chi connectivity index (χ2v) is 46.8. The minimum absolute atomic E-state index is 0.00617. The first kappa shape index (κ1) is 91.5. The maximum Gasteiger partial charge on any atom is 0.261 e. The van der Waals surface area contributed by atoms with E-state index in [1.54, 1.807) is 0 Å². The first-order valence-corrected chi connectivity index (χ1v) is 49.7. The largest absolute Gasteiger partial charge is 0.405 e. The smallest absolute Gasteiger partial charge is 0.261 e. The number of benzene rings is 11. The highest BCUT2D eigenvalue weighted by atomic mass is 28.4. The van der Waals surface area contributed by atoms with E-state index in [0.717, 1.165) is 72.5 Å². The Bertz CT molecular complexity index is 5280. The number of hydrogen-bond donors (Lipinski definition) is 0. The van der Waals surface area contributed by atoms with Gasteiger partial charge in [-0.1, -0.05) is 401 Å². The van der Waals surface area contributed by atoms with Crippen LogP contribution < -0.4 is 20.7 Å². The average Bonchev–Trinajstić information content (AvgIpc) is 1.50. The van der Waals surface area contributed by atoms with Crippen LogP contribution in [0.5, 0.6) is 0 Å². The number of nitrogens with zero attached hydrogens (tertiary/aromatic N) is 3. The molecule has 3 saturated carbocycles.